The summed E-state index contributed by atoms with van der Waals surface area (Å²) in [5, 5.41) is 6.97. The summed E-state index contributed by atoms with van der Waals surface area (Å²) in [7, 11) is 2.97. The standard InChI is InChI=1S/C21H20FN3O4/c1-28-18-6-4-3-5-14(18)12-23-20(26)13-25-21(27)10-9-17(24-25)16-8-7-15(22)11-19(16)29-2/h3-11H,12-13H2,1-2H3,(H,23,26). The second kappa shape index (κ2) is 9.01. The van der Waals surface area contributed by atoms with Gasteiger partial charge in [0.25, 0.3) is 5.56 Å². The molecule has 1 heterocycles. The van der Waals surface area contributed by atoms with E-state index in [1.165, 1.54) is 37.4 Å². The van der Waals surface area contributed by atoms with Crippen LogP contribution in [0.3, 0.4) is 0 Å². The van der Waals surface area contributed by atoms with Crippen molar-refractivity contribution >= 4 is 5.91 Å². The molecule has 3 aromatic rings. The van der Waals surface area contributed by atoms with E-state index in [9.17, 15) is 14.0 Å². The SMILES string of the molecule is COc1ccccc1CNC(=O)Cn1nc(-c2ccc(F)cc2OC)ccc1=O. The van der Waals surface area contributed by atoms with Crippen molar-refractivity contribution in [2.75, 3.05) is 14.2 Å². The Balaban J connectivity index is 1.77. The van der Waals surface area contributed by atoms with Gasteiger partial charge in [-0.15, -0.1) is 0 Å². The first-order valence-electron chi connectivity index (χ1n) is 8.82. The molecule has 0 unspecified atom stereocenters. The lowest BCUT2D eigenvalue weighted by atomic mass is 10.1. The van der Waals surface area contributed by atoms with Crippen molar-refractivity contribution in [1.82, 2.24) is 15.1 Å². The molecule has 150 valence electrons. The molecule has 0 atom stereocenters. The Bertz CT molecular complexity index is 1080. The van der Waals surface area contributed by atoms with Crippen LogP contribution in [0.15, 0.2) is 59.4 Å². The number of aromatic nitrogens is 2. The quantitative estimate of drug-likeness (QED) is 0.662. The van der Waals surface area contributed by atoms with Crippen LogP contribution in [0, 0.1) is 5.82 Å². The van der Waals surface area contributed by atoms with Crippen molar-refractivity contribution < 1.29 is 18.7 Å². The molecule has 0 spiro atoms. The third-order valence-corrected chi connectivity index (χ3v) is 4.27. The van der Waals surface area contributed by atoms with Crippen molar-refractivity contribution in [1.29, 1.82) is 0 Å². The van der Waals surface area contributed by atoms with Gasteiger partial charge in [0.05, 0.1) is 19.9 Å². The van der Waals surface area contributed by atoms with Gasteiger partial charge in [-0.25, -0.2) is 9.07 Å². The second-order valence-electron chi connectivity index (χ2n) is 6.15. The predicted octanol–water partition coefficient (Wildman–Crippen LogP) is 2.38. The Morgan fingerprint density at radius 3 is 2.59 bits per heavy atom. The summed E-state index contributed by atoms with van der Waals surface area (Å²) in [6.45, 7) is -0.00555. The van der Waals surface area contributed by atoms with Crippen LogP contribution in [0.1, 0.15) is 5.56 Å². The van der Waals surface area contributed by atoms with Gasteiger partial charge < -0.3 is 14.8 Å². The van der Waals surface area contributed by atoms with Gasteiger partial charge in [0.15, 0.2) is 0 Å². The van der Waals surface area contributed by atoms with E-state index in [1.807, 2.05) is 18.2 Å². The molecule has 1 amide bonds. The minimum absolute atomic E-state index is 0.253. The number of nitrogens with zero attached hydrogens (tertiary/aromatic N) is 2. The predicted molar refractivity (Wildman–Crippen MR) is 105 cm³/mol. The molecular formula is C21H20FN3O4. The lowest BCUT2D eigenvalue weighted by Crippen LogP contribution is -2.33. The van der Waals surface area contributed by atoms with Gasteiger partial charge in [0.1, 0.15) is 23.9 Å². The normalized spacial score (nSPS) is 10.4. The summed E-state index contributed by atoms with van der Waals surface area (Å²) in [5.74, 6) is 0.111. The fraction of sp³-hybridized carbons (Fsp3) is 0.190. The van der Waals surface area contributed by atoms with Crippen LogP contribution in [0.4, 0.5) is 4.39 Å². The summed E-state index contributed by atoms with van der Waals surface area (Å²) in [6, 6.07) is 14.1. The van der Waals surface area contributed by atoms with E-state index >= 15 is 0 Å². The number of rotatable bonds is 7. The third-order valence-electron chi connectivity index (χ3n) is 4.27. The van der Waals surface area contributed by atoms with Gasteiger partial charge in [0, 0.05) is 29.8 Å². The van der Waals surface area contributed by atoms with Gasteiger partial charge in [-0.2, -0.15) is 5.10 Å². The highest BCUT2D eigenvalue weighted by Gasteiger charge is 2.12. The van der Waals surface area contributed by atoms with E-state index in [4.69, 9.17) is 9.47 Å². The van der Waals surface area contributed by atoms with E-state index in [2.05, 4.69) is 10.4 Å². The summed E-state index contributed by atoms with van der Waals surface area (Å²) in [5.41, 5.74) is 1.28. The molecule has 29 heavy (non-hydrogen) atoms. The van der Waals surface area contributed by atoms with E-state index in [1.54, 1.807) is 13.2 Å². The van der Waals surface area contributed by atoms with Crippen LogP contribution in [0.5, 0.6) is 11.5 Å². The number of hydrogen-bond donors (Lipinski definition) is 1. The molecule has 0 bridgehead atoms. The Kier molecular flexibility index (Phi) is 6.23. The van der Waals surface area contributed by atoms with Crippen molar-refractivity contribution in [3.05, 3.63) is 76.3 Å². The summed E-state index contributed by atoms with van der Waals surface area (Å²) < 4.78 is 24.9. The number of amides is 1. The first-order valence-corrected chi connectivity index (χ1v) is 8.82. The molecule has 0 saturated carbocycles. The third kappa shape index (κ3) is 4.78. The zero-order valence-electron chi connectivity index (χ0n) is 16.0. The molecule has 3 rings (SSSR count). The second-order valence-corrected chi connectivity index (χ2v) is 6.15. The number of halogens is 1. The van der Waals surface area contributed by atoms with E-state index < -0.39 is 11.4 Å². The topological polar surface area (TPSA) is 82.4 Å². The van der Waals surface area contributed by atoms with E-state index in [-0.39, 0.29) is 24.7 Å². The van der Waals surface area contributed by atoms with Gasteiger partial charge in [-0.1, -0.05) is 18.2 Å². The van der Waals surface area contributed by atoms with Crippen LogP contribution in [-0.4, -0.2) is 29.9 Å². The van der Waals surface area contributed by atoms with Gasteiger partial charge in [-0.05, 0) is 24.3 Å². The highest BCUT2D eigenvalue weighted by atomic mass is 19.1. The maximum Gasteiger partial charge on any atom is 0.267 e. The smallest absolute Gasteiger partial charge is 0.267 e. The number of para-hydroxylation sites is 1. The average Bonchev–Trinajstić information content (AvgIpc) is 2.74. The maximum atomic E-state index is 13.4. The molecule has 0 radical (unpaired) electrons. The van der Waals surface area contributed by atoms with Crippen LogP contribution in [-0.2, 0) is 17.9 Å². The lowest BCUT2D eigenvalue weighted by Gasteiger charge is -2.11. The molecule has 7 nitrogen and oxygen atoms in total. The maximum absolute atomic E-state index is 13.4. The van der Waals surface area contributed by atoms with Gasteiger partial charge >= 0.3 is 0 Å². The van der Waals surface area contributed by atoms with E-state index in [0.29, 0.717) is 17.0 Å². The first kappa shape index (κ1) is 20.1. The molecule has 8 heteroatoms. The van der Waals surface area contributed by atoms with Gasteiger partial charge in [-0.3, -0.25) is 9.59 Å². The van der Waals surface area contributed by atoms with Gasteiger partial charge in [0.2, 0.25) is 5.91 Å². The number of benzene rings is 2. The van der Waals surface area contributed by atoms with Crippen LogP contribution in [0.25, 0.3) is 11.3 Å². The van der Waals surface area contributed by atoms with Crippen molar-refractivity contribution in [3.8, 4) is 22.8 Å². The molecule has 0 fully saturated rings. The highest BCUT2D eigenvalue weighted by molar-refractivity contribution is 5.75. The van der Waals surface area contributed by atoms with Crippen molar-refractivity contribution in [3.63, 3.8) is 0 Å². The Morgan fingerprint density at radius 2 is 1.83 bits per heavy atom. The molecule has 1 N–H and O–H groups in total. The number of ether oxygens (including phenoxy) is 2. The number of nitrogens with one attached hydrogen (secondary N) is 1. The number of carbonyl (C=O) groups is 1. The number of methoxy groups -OCH3 is 2. The summed E-state index contributed by atoms with van der Waals surface area (Å²) in [6.07, 6.45) is 0. The van der Waals surface area contributed by atoms with Crippen LogP contribution >= 0.6 is 0 Å². The molecule has 0 aliphatic carbocycles. The molecular weight excluding hydrogens is 377 g/mol. The largest absolute Gasteiger partial charge is 0.496 e. The monoisotopic (exact) mass is 397 g/mol. The summed E-state index contributed by atoms with van der Waals surface area (Å²) >= 11 is 0. The first-order chi connectivity index (χ1) is 14.0. The van der Waals surface area contributed by atoms with Crippen LogP contribution < -0.4 is 20.3 Å². The van der Waals surface area contributed by atoms with Crippen molar-refractivity contribution in [2.45, 2.75) is 13.1 Å². The Morgan fingerprint density at radius 1 is 1.07 bits per heavy atom. The minimum Gasteiger partial charge on any atom is -0.496 e. The van der Waals surface area contributed by atoms with Crippen molar-refractivity contribution in [2.24, 2.45) is 0 Å². The highest BCUT2D eigenvalue weighted by Crippen LogP contribution is 2.28. The fourth-order valence-electron chi connectivity index (χ4n) is 2.82. The summed E-state index contributed by atoms with van der Waals surface area (Å²) in [4.78, 5) is 24.5. The zero-order chi connectivity index (χ0) is 20.8. The minimum atomic E-state index is -0.449. The van der Waals surface area contributed by atoms with Crippen LogP contribution in [0.2, 0.25) is 0 Å². The molecule has 1 aromatic heterocycles. The number of hydrogen-bond acceptors (Lipinski definition) is 5. The molecule has 0 aliphatic heterocycles. The average molecular weight is 397 g/mol. The zero-order valence-corrected chi connectivity index (χ0v) is 16.0. The van der Waals surface area contributed by atoms with E-state index in [0.717, 1.165) is 10.2 Å². The molecule has 0 aliphatic rings. The lowest BCUT2D eigenvalue weighted by molar-refractivity contribution is -0.122. The number of carbonyl (C=O) groups excluding carboxylic acids is 1. The fourth-order valence-corrected chi connectivity index (χ4v) is 2.82. The molecule has 2 aromatic carbocycles. The Labute approximate surface area is 166 Å². The molecule has 0 saturated heterocycles. The Hall–Kier alpha value is -3.68.